The molecule has 0 aliphatic rings. The van der Waals surface area contributed by atoms with Crippen LogP contribution in [0.3, 0.4) is 0 Å². The Balaban J connectivity index is 2.82. The molecule has 0 saturated heterocycles. The molecule has 0 fully saturated rings. The number of carboxylic acid groups (broad SMARTS) is 1. The van der Waals surface area contributed by atoms with Crippen molar-refractivity contribution in [2.45, 2.75) is 13.3 Å². The molecule has 0 unspecified atom stereocenters. The Hall–Kier alpha value is -1.62. The minimum Gasteiger partial charge on any atom is -0.478 e. The summed E-state index contributed by atoms with van der Waals surface area (Å²) in [4.78, 5) is 14.8. The maximum atomic E-state index is 10.8. The summed E-state index contributed by atoms with van der Waals surface area (Å²) in [6.45, 7) is 2.42. The van der Waals surface area contributed by atoms with Crippen molar-refractivity contribution in [3.05, 3.63) is 23.5 Å². The van der Waals surface area contributed by atoms with Crippen molar-refractivity contribution in [3.63, 3.8) is 0 Å². The van der Waals surface area contributed by atoms with E-state index in [4.69, 9.17) is 10.2 Å². The number of nitrogens with zero attached hydrogens (tertiary/aromatic N) is 1. The van der Waals surface area contributed by atoms with Crippen LogP contribution in [0, 0.1) is 6.92 Å². The first-order valence-electron chi connectivity index (χ1n) is 4.70. The van der Waals surface area contributed by atoms with Crippen LogP contribution in [-0.4, -0.2) is 34.3 Å². The third-order valence-electron chi connectivity index (χ3n) is 1.92. The quantitative estimate of drug-likeness (QED) is 0.628. The molecule has 3 N–H and O–H groups in total. The summed E-state index contributed by atoms with van der Waals surface area (Å²) in [5.41, 5.74) is 1.45. The molecule has 5 nitrogen and oxygen atoms in total. The second-order valence-electron chi connectivity index (χ2n) is 3.18. The van der Waals surface area contributed by atoms with Crippen molar-refractivity contribution in [1.82, 2.24) is 4.98 Å². The summed E-state index contributed by atoms with van der Waals surface area (Å²) < 4.78 is 0. The zero-order valence-electron chi connectivity index (χ0n) is 8.53. The lowest BCUT2D eigenvalue weighted by Crippen LogP contribution is -2.09. The summed E-state index contributed by atoms with van der Waals surface area (Å²) >= 11 is 0. The van der Waals surface area contributed by atoms with Crippen LogP contribution in [0.1, 0.15) is 22.5 Å². The van der Waals surface area contributed by atoms with Crippen molar-refractivity contribution in [2.75, 3.05) is 18.5 Å². The van der Waals surface area contributed by atoms with Gasteiger partial charge in [0.2, 0.25) is 0 Å². The van der Waals surface area contributed by atoms with Gasteiger partial charge in [-0.3, -0.25) is 4.98 Å². The lowest BCUT2D eigenvalue weighted by molar-refractivity contribution is 0.0697. The van der Waals surface area contributed by atoms with E-state index in [1.807, 2.05) is 0 Å². The van der Waals surface area contributed by atoms with Gasteiger partial charge in [-0.05, 0) is 19.4 Å². The second-order valence-corrected chi connectivity index (χ2v) is 3.18. The van der Waals surface area contributed by atoms with Crippen LogP contribution in [0.4, 0.5) is 5.69 Å². The molecule has 0 aliphatic carbocycles. The molecule has 0 spiro atoms. The minimum absolute atomic E-state index is 0.0828. The number of carbonyl (C=O) groups is 1. The minimum atomic E-state index is -1.01. The molecule has 1 heterocycles. The number of aliphatic hydroxyl groups is 1. The number of nitrogens with one attached hydrogen (secondary N) is 1. The Labute approximate surface area is 87.8 Å². The Morgan fingerprint density at radius 1 is 1.60 bits per heavy atom. The third kappa shape index (κ3) is 3.21. The second kappa shape index (κ2) is 5.31. The van der Waals surface area contributed by atoms with Gasteiger partial charge in [0.15, 0.2) is 0 Å². The van der Waals surface area contributed by atoms with Crippen molar-refractivity contribution in [1.29, 1.82) is 0 Å². The average Bonchev–Trinajstić information content (AvgIpc) is 2.18. The molecule has 5 heteroatoms. The van der Waals surface area contributed by atoms with E-state index in [1.54, 1.807) is 13.0 Å². The van der Waals surface area contributed by atoms with Gasteiger partial charge in [0.25, 0.3) is 0 Å². The summed E-state index contributed by atoms with van der Waals surface area (Å²) in [5, 5.41) is 20.4. The fourth-order valence-electron chi connectivity index (χ4n) is 1.18. The van der Waals surface area contributed by atoms with Gasteiger partial charge in [0.1, 0.15) is 5.56 Å². The van der Waals surface area contributed by atoms with E-state index >= 15 is 0 Å². The standard InChI is InChI=1S/C10H14N2O3/c1-7-5-9(11-3-2-4-13)8(6-12-7)10(14)15/h5-6,13H,2-4H2,1H3,(H,11,12)(H,14,15). The molecule has 15 heavy (non-hydrogen) atoms. The van der Waals surface area contributed by atoms with Crippen LogP contribution < -0.4 is 5.32 Å². The Morgan fingerprint density at radius 2 is 2.33 bits per heavy atom. The molecule has 1 rings (SSSR count). The average molecular weight is 210 g/mol. The number of aromatic carboxylic acids is 1. The molecule has 1 aromatic heterocycles. The van der Waals surface area contributed by atoms with E-state index in [1.165, 1.54) is 6.20 Å². The number of aromatic nitrogens is 1. The number of pyridine rings is 1. The first kappa shape index (κ1) is 11.5. The molecular weight excluding hydrogens is 196 g/mol. The van der Waals surface area contributed by atoms with Crippen LogP contribution >= 0.6 is 0 Å². The maximum Gasteiger partial charge on any atom is 0.339 e. The van der Waals surface area contributed by atoms with Crippen LogP contribution in [0.5, 0.6) is 0 Å². The number of hydrogen-bond acceptors (Lipinski definition) is 4. The molecule has 0 atom stereocenters. The molecule has 82 valence electrons. The van der Waals surface area contributed by atoms with Crippen molar-refractivity contribution >= 4 is 11.7 Å². The number of carboxylic acids is 1. The van der Waals surface area contributed by atoms with Gasteiger partial charge in [-0.2, -0.15) is 0 Å². The first-order chi connectivity index (χ1) is 7.15. The summed E-state index contributed by atoms with van der Waals surface area (Å²) in [5.74, 6) is -1.01. The monoisotopic (exact) mass is 210 g/mol. The lowest BCUT2D eigenvalue weighted by Gasteiger charge is -2.08. The van der Waals surface area contributed by atoms with Gasteiger partial charge in [-0.1, -0.05) is 0 Å². The van der Waals surface area contributed by atoms with E-state index < -0.39 is 5.97 Å². The van der Waals surface area contributed by atoms with Crippen LogP contribution in [0.25, 0.3) is 0 Å². The SMILES string of the molecule is Cc1cc(NCCCO)c(C(=O)O)cn1. The van der Waals surface area contributed by atoms with Crippen LogP contribution in [0.15, 0.2) is 12.3 Å². The fraction of sp³-hybridized carbons (Fsp3) is 0.400. The Morgan fingerprint density at radius 3 is 2.93 bits per heavy atom. The summed E-state index contributed by atoms with van der Waals surface area (Å²) in [6, 6.07) is 1.68. The fourth-order valence-corrected chi connectivity index (χ4v) is 1.18. The zero-order valence-corrected chi connectivity index (χ0v) is 8.53. The third-order valence-corrected chi connectivity index (χ3v) is 1.92. The Bertz CT molecular complexity index is 353. The van der Waals surface area contributed by atoms with Crippen LogP contribution in [0.2, 0.25) is 0 Å². The molecule has 0 amide bonds. The van der Waals surface area contributed by atoms with Crippen molar-refractivity contribution < 1.29 is 15.0 Å². The molecule has 0 aromatic carbocycles. The normalized spacial score (nSPS) is 10.0. The van der Waals surface area contributed by atoms with Crippen molar-refractivity contribution in [2.24, 2.45) is 0 Å². The zero-order chi connectivity index (χ0) is 11.3. The number of anilines is 1. The number of hydrogen-bond donors (Lipinski definition) is 3. The summed E-state index contributed by atoms with van der Waals surface area (Å²) in [7, 11) is 0. The molecule has 0 aliphatic heterocycles. The smallest absolute Gasteiger partial charge is 0.339 e. The van der Waals surface area contributed by atoms with Crippen molar-refractivity contribution in [3.8, 4) is 0 Å². The topological polar surface area (TPSA) is 82.5 Å². The van der Waals surface area contributed by atoms with Gasteiger partial charge in [0, 0.05) is 25.0 Å². The summed E-state index contributed by atoms with van der Waals surface area (Å²) in [6.07, 6.45) is 1.92. The highest BCUT2D eigenvalue weighted by atomic mass is 16.4. The van der Waals surface area contributed by atoms with Gasteiger partial charge in [-0.15, -0.1) is 0 Å². The number of aliphatic hydroxyl groups excluding tert-OH is 1. The lowest BCUT2D eigenvalue weighted by atomic mass is 10.2. The van der Waals surface area contributed by atoms with E-state index in [-0.39, 0.29) is 12.2 Å². The number of aryl methyl sites for hydroxylation is 1. The molecular formula is C10H14N2O3. The highest BCUT2D eigenvalue weighted by molar-refractivity contribution is 5.93. The highest BCUT2D eigenvalue weighted by Gasteiger charge is 2.09. The van der Waals surface area contributed by atoms with Gasteiger partial charge < -0.3 is 15.5 Å². The number of rotatable bonds is 5. The Kier molecular flexibility index (Phi) is 4.05. The van der Waals surface area contributed by atoms with Gasteiger partial charge in [0.05, 0.1) is 5.69 Å². The first-order valence-corrected chi connectivity index (χ1v) is 4.70. The maximum absolute atomic E-state index is 10.8. The van der Waals surface area contributed by atoms with Gasteiger partial charge >= 0.3 is 5.97 Å². The highest BCUT2D eigenvalue weighted by Crippen LogP contribution is 2.15. The van der Waals surface area contributed by atoms with E-state index in [2.05, 4.69) is 10.3 Å². The van der Waals surface area contributed by atoms with E-state index in [0.29, 0.717) is 18.7 Å². The molecule has 1 aromatic rings. The van der Waals surface area contributed by atoms with Crippen LogP contribution in [-0.2, 0) is 0 Å². The molecule has 0 saturated carbocycles. The van der Waals surface area contributed by atoms with E-state index in [9.17, 15) is 4.79 Å². The predicted octanol–water partition coefficient (Wildman–Crippen LogP) is 0.883. The van der Waals surface area contributed by atoms with E-state index in [0.717, 1.165) is 5.69 Å². The predicted molar refractivity (Wildman–Crippen MR) is 56.1 cm³/mol. The molecule has 0 radical (unpaired) electrons. The van der Waals surface area contributed by atoms with Gasteiger partial charge in [-0.25, -0.2) is 4.79 Å². The largest absolute Gasteiger partial charge is 0.478 e. The molecule has 0 bridgehead atoms.